The smallest absolute Gasteiger partial charge is 0.311 e. The van der Waals surface area contributed by atoms with Crippen LogP contribution in [0.4, 0.5) is 0 Å². The zero-order chi connectivity index (χ0) is 14.5. The second kappa shape index (κ2) is 6.31. The molecule has 0 amide bonds. The third-order valence-corrected chi connectivity index (χ3v) is 7.77. The van der Waals surface area contributed by atoms with Gasteiger partial charge in [-0.25, -0.2) is 0 Å². The fraction of sp³-hybridized carbons (Fsp3) is 0.263. The predicted octanol–water partition coefficient (Wildman–Crippen LogP) is 3.85. The van der Waals surface area contributed by atoms with Crippen molar-refractivity contribution in [3.05, 3.63) is 72.5 Å². The van der Waals surface area contributed by atoms with E-state index in [2.05, 4.69) is 73.3 Å². The average molecular weight is 294 g/mol. The molecule has 0 atom stereocenters. The van der Waals surface area contributed by atoms with Gasteiger partial charge in [0.1, 0.15) is 0 Å². The molecule has 1 nitrogen and oxygen atoms in total. The van der Waals surface area contributed by atoms with Gasteiger partial charge >= 0.3 is 8.32 Å². The fourth-order valence-electron chi connectivity index (χ4n) is 2.96. The number of hydrogen-bond donors (Lipinski definition) is 0. The van der Waals surface area contributed by atoms with Crippen LogP contribution in [-0.4, -0.2) is 8.32 Å². The van der Waals surface area contributed by atoms with Crippen molar-refractivity contribution in [2.24, 2.45) is 0 Å². The minimum atomic E-state index is -2.16. The number of hydrogen-bond acceptors (Lipinski definition) is 1. The summed E-state index contributed by atoms with van der Waals surface area (Å²) in [6, 6.07) is 21.4. The molecule has 0 saturated heterocycles. The lowest BCUT2D eigenvalue weighted by atomic mass is 10.1. The second-order valence-electron chi connectivity index (χ2n) is 5.78. The summed E-state index contributed by atoms with van der Waals surface area (Å²) in [5.41, 5.74) is 0. The molecule has 0 heterocycles. The molecule has 0 unspecified atom stereocenters. The van der Waals surface area contributed by atoms with Crippen molar-refractivity contribution < 1.29 is 4.43 Å². The quantitative estimate of drug-likeness (QED) is 0.778. The summed E-state index contributed by atoms with van der Waals surface area (Å²) in [7, 11) is -2.16. The van der Waals surface area contributed by atoms with E-state index < -0.39 is 8.32 Å². The Morgan fingerprint density at radius 1 is 0.810 bits per heavy atom. The van der Waals surface area contributed by atoms with Gasteiger partial charge < -0.3 is 4.43 Å². The van der Waals surface area contributed by atoms with E-state index in [-0.39, 0.29) is 0 Å². The van der Waals surface area contributed by atoms with Crippen molar-refractivity contribution in [1.29, 1.82) is 0 Å². The van der Waals surface area contributed by atoms with Crippen molar-refractivity contribution in [1.82, 2.24) is 0 Å². The highest BCUT2D eigenvalue weighted by atomic mass is 28.4. The summed E-state index contributed by atoms with van der Waals surface area (Å²) in [5.74, 6) is 1.20. The van der Waals surface area contributed by atoms with E-state index in [4.69, 9.17) is 4.43 Å². The monoisotopic (exact) mass is 294 g/mol. The van der Waals surface area contributed by atoms with Crippen molar-refractivity contribution in [2.75, 3.05) is 0 Å². The van der Waals surface area contributed by atoms with Crippen LogP contribution in [0.25, 0.3) is 0 Å². The van der Waals surface area contributed by atoms with Gasteiger partial charge in [-0.15, -0.1) is 0 Å². The molecule has 108 valence electrons. The van der Waals surface area contributed by atoms with E-state index in [9.17, 15) is 0 Å². The highest BCUT2D eigenvalue weighted by Gasteiger charge is 2.36. The Hall–Kier alpha value is -1.80. The zero-order valence-corrected chi connectivity index (χ0v) is 13.6. The van der Waals surface area contributed by atoms with E-state index in [1.54, 1.807) is 0 Å². The molecule has 1 aliphatic carbocycles. The fourth-order valence-corrected chi connectivity index (χ4v) is 5.90. The summed E-state index contributed by atoms with van der Waals surface area (Å²) in [4.78, 5) is 0. The summed E-state index contributed by atoms with van der Waals surface area (Å²) in [5, 5.41) is 2.67. The Morgan fingerprint density at radius 2 is 1.38 bits per heavy atom. The Kier molecular flexibility index (Phi) is 4.25. The molecule has 0 spiro atoms. The molecule has 0 N–H and O–H groups in total. The molecule has 0 aromatic heterocycles. The Balaban J connectivity index is 2.00. The largest absolute Gasteiger partial charge is 0.538 e. The first-order chi connectivity index (χ1) is 10.3. The molecule has 21 heavy (non-hydrogen) atoms. The molecule has 0 bridgehead atoms. The normalized spacial score (nSPS) is 15.4. The number of rotatable bonds is 4. The second-order valence-corrected chi connectivity index (χ2v) is 9.21. The molecular formula is C19H22OSi. The van der Waals surface area contributed by atoms with Gasteiger partial charge in [-0.1, -0.05) is 60.7 Å². The summed E-state index contributed by atoms with van der Waals surface area (Å²) in [6.07, 6.45) is 7.08. The van der Waals surface area contributed by atoms with Gasteiger partial charge in [-0.2, -0.15) is 0 Å². The first-order valence-corrected chi connectivity index (χ1v) is 10.2. The maximum atomic E-state index is 6.65. The highest BCUT2D eigenvalue weighted by Crippen LogP contribution is 2.22. The first kappa shape index (κ1) is 14.1. The third kappa shape index (κ3) is 3.11. The Bertz CT molecular complexity index is 564. The van der Waals surface area contributed by atoms with Crippen LogP contribution in [0.5, 0.6) is 0 Å². The van der Waals surface area contributed by atoms with E-state index in [1.165, 1.54) is 29.0 Å². The minimum Gasteiger partial charge on any atom is -0.538 e. The molecule has 0 radical (unpaired) electrons. The van der Waals surface area contributed by atoms with Gasteiger partial charge in [-0.05, 0) is 42.3 Å². The van der Waals surface area contributed by atoms with E-state index in [0.29, 0.717) is 0 Å². The topological polar surface area (TPSA) is 9.23 Å². The van der Waals surface area contributed by atoms with Crippen LogP contribution in [0.1, 0.15) is 25.7 Å². The summed E-state index contributed by atoms with van der Waals surface area (Å²) in [6.45, 7) is 2.31. The SMILES string of the molecule is C[Si](OC1=CCCCC1)(c1ccccc1)c1ccccc1. The van der Waals surface area contributed by atoms with Crippen LogP contribution >= 0.6 is 0 Å². The lowest BCUT2D eigenvalue weighted by Gasteiger charge is -2.31. The molecule has 3 rings (SSSR count). The summed E-state index contributed by atoms with van der Waals surface area (Å²) >= 11 is 0. The summed E-state index contributed by atoms with van der Waals surface area (Å²) < 4.78 is 6.65. The van der Waals surface area contributed by atoms with Gasteiger partial charge in [-0.3, -0.25) is 0 Å². The van der Waals surface area contributed by atoms with Crippen LogP contribution in [-0.2, 0) is 4.43 Å². The van der Waals surface area contributed by atoms with Crippen molar-refractivity contribution >= 4 is 18.7 Å². The van der Waals surface area contributed by atoms with E-state index in [1.807, 2.05) is 0 Å². The van der Waals surface area contributed by atoms with Crippen LogP contribution < -0.4 is 10.4 Å². The van der Waals surface area contributed by atoms with Crippen molar-refractivity contribution in [2.45, 2.75) is 32.2 Å². The Labute approximate surface area is 128 Å². The standard InChI is InChI=1S/C19H22OSi/c1-21(18-13-7-3-8-14-18,19-15-9-4-10-16-19)20-17-11-5-2-6-12-17/h3-4,7-11,13-16H,2,5-6,12H2,1H3. The molecule has 2 aromatic carbocycles. The lowest BCUT2D eigenvalue weighted by Crippen LogP contribution is -2.58. The predicted molar refractivity (Wildman–Crippen MR) is 91.4 cm³/mol. The maximum Gasteiger partial charge on any atom is 0.311 e. The molecule has 1 aliphatic rings. The van der Waals surface area contributed by atoms with Gasteiger partial charge in [0.15, 0.2) is 0 Å². The molecular weight excluding hydrogens is 272 g/mol. The molecule has 2 aromatic rings. The molecule has 0 fully saturated rings. The average Bonchev–Trinajstić information content (AvgIpc) is 2.57. The zero-order valence-electron chi connectivity index (χ0n) is 12.6. The van der Waals surface area contributed by atoms with Gasteiger partial charge in [0.2, 0.25) is 0 Å². The van der Waals surface area contributed by atoms with E-state index in [0.717, 1.165) is 12.8 Å². The number of allylic oxidation sites excluding steroid dienone is 2. The van der Waals surface area contributed by atoms with Gasteiger partial charge in [0.25, 0.3) is 0 Å². The first-order valence-electron chi connectivity index (χ1n) is 7.78. The van der Waals surface area contributed by atoms with Crippen LogP contribution in [0.3, 0.4) is 0 Å². The van der Waals surface area contributed by atoms with Gasteiger partial charge in [0, 0.05) is 6.42 Å². The van der Waals surface area contributed by atoms with Crippen molar-refractivity contribution in [3.63, 3.8) is 0 Å². The van der Waals surface area contributed by atoms with Crippen LogP contribution in [0.2, 0.25) is 6.55 Å². The van der Waals surface area contributed by atoms with Crippen LogP contribution in [0, 0.1) is 0 Å². The highest BCUT2D eigenvalue weighted by molar-refractivity contribution is 6.96. The Morgan fingerprint density at radius 3 is 1.86 bits per heavy atom. The van der Waals surface area contributed by atoms with Crippen LogP contribution in [0.15, 0.2) is 72.5 Å². The maximum absolute atomic E-state index is 6.65. The lowest BCUT2D eigenvalue weighted by molar-refractivity contribution is 0.388. The minimum absolute atomic E-state index is 1.09. The molecule has 0 aliphatic heterocycles. The third-order valence-electron chi connectivity index (χ3n) is 4.23. The van der Waals surface area contributed by atoms with Crippen molar-refractivity contribution in [3.8, 4) is 0 Å². The van der Waals surface area contributed by atoms with E-state index >= 15 is 0 Å². The molecule has 0 saturated carbocycles. The molecule has 2 heteroatoms. The number of benzene rings is 2. The van der Waals surface area contributed by atoms with Gasteiger partial charge in [0.05, 0.1) is 5.76 Å².